The van der Waals surface area contributed by atoms with Crippen molar-refractivity contribution in [3.8, 4) is 5.69 Å². The molecule has 2 heterocycles. The zero-order valence-corrected chi connectivity index (χ0v) is 14.6. The lowest BCUT2D eigenvalue weighted by Gasteiger charge is -2.38. The van der Waals surface area contributed by atoms with Crippen molar-refractivity contribution in [3.63, 3.8) is 0 Å². The number of nitrogens with zero attached hydrogens (tertiary/aromatic N) is 3. The summed E-state index contributed by atoms with van der Waals surface area (Å²) in [7, 11) is 0. The Kier molecular flexibility index (Phi) is 5.68. The summed E-state index contributed by atoms with van der Waals surface area (Å²) < 4.78 is 1.68. The smallest absolute Gasteiger partial charge is 0.274 e. The SMILES string of the molecule is CC1NCCN(C(=O)c2ccn(-c3cccc(Cl)c3)n2)C1C.Cl. The van der Waals surface area contributed by atoms with Crippen molar-refractivity contribution in [2.24, 2.45) is 0 Å². The average molecular weight is 355 g/mol. The monoisotopic (exact) mass is 354 g/mol. The summed E-state index contributed by atoms with van der Waals surface area (Å²) in [6, 6.07) is 9.58. The molecular weight excluding hydrogens is 335 g/mol. The van der Waals surface area contributed by atoms with Gasteiger partial charge in [0.1, 0.15) is 0 Å². The first kappa shape index (κ1) is 17.8. The lowest BCUT2D eigenvalue weighted by atomic mass is 10.1. The summed E-state index contributed by atoms with van der Waals surface area (Å²) in [6.07, 6.45) is 1.79. The number of benzene rings is 1. The van der Waals surface area contributed by atoms with E-state index in [1.807, 2.05) is 29.2 Å². The minimum absolute atomic E-state index is 0. The van der Waals surface area contributed by atoms with Crippen molar-refractivity contribution in [2.75, 3.05) is 13.1 Å². The van der Waals surface area contributed by atoms with E-state index in [4.69, 9.17) is 11.6 Å². The fourth-order valence-electron chi connectivity index (χ4n) is 2.69. The molecule has 7 heteroatoms. The third kappa shape index (κ3) is 3.68. The van der Waals surface area contributed by atoms with Crippen molar-refractivity contribution in [1.82, 2.24) is 20.0 Å². The summed E-state index contributed by atoms with van der Waals surface area (Å²) in [5, 5.41) is 8.42. The Hall–Kier alpha value is -1.56. The number of carbonyl (C=O) groups is 1. The van der Waals surface area contributed by atoms with Crippen LogP contribution in [0.4, 0.5) is 0 Å². The first-order chi connectivity index (χ1) is 10.6. The van der Waals surface area contributed by atoms with Crippen LogP contribution >= 0.6 is 24.0 Å². The zero-order chi connectivity index (χ0) is 15.7. The van der Waals surface area contributed by atoms with Crippen LogP contribution in [-0.2, 0) is 0 Å². The minimum atomic E-state index is -0.0263. The highest BCUT2D eigenvalue weighted by atomic mass is 35.5. The van der Waals surface area contributed by atoms with Gasteiger partial charge >= 0.3 is 0 Å². The van der Waals surface area contributed by atoms with E-state index in [2.05, 4.69) is 24.3 Å². The largest absolute Gasteiger partial charge is 0.332 e. The van der Waals surface area contributed by atoms with Crippen LogP contribution in [-0.4, -0.2) is 45.8 Å². The number of halogens is 2. The van der Waals surface area contributed by atoms with Crippen LogP contribution in [0.25, 0.3) is 5.69 Å². The van der Waals surface area contributed by atoms with E-state index in [1.54, 1.807) is 16.9 Å². The fraction of sp³-hybridized carbons (Fsp3) is 0.375. The molecule has 1 aromatic carbocycles. The molecule has 23 heavy (non-hydrogen) atoms. The van der Waals surface area contributed by atoms with Gasteiger partial charge in [-0.05, 0) is 38.1 Å². The van der Waals surface area contributed by atoms with Gasteiger partial charge in [0, 0.05) is 36.4 Å². The van der Waals surface area contributed by atoms with Crippen LogP contribution in [0.3, 0.4) is 0 Å². The maximum absolute atomic E-state index is 12.7. The van der Waals surface area contributed by atoms with Gasteiger partial charge in [-0.2, -0.15) is 5.10 Å². The number of nitrogens with one attached hydrogen (secondary N) is 1. The van der Waals surface area contributed by atoms with Crippen LogP contribution < -0.4 is 5.32 Å². The molecule has 1 aromatic heterocycles. The van der Waals surface area contributed by atoms with E-state index in [9.17, 15) is 4.79 Å². The van der Waals surface area contributed by atoms with E-state index in [0.29, 0.717) is 17.3 Å². The van der Waals surface area contributed by atoms with Crippen LogP contribution in [0.15, 0.2) is 36.5 Å². The summed E-state index contributed by atoms with van der Waals surface area (Å²) in [6.45, 7) is 5.66. The number of amides is 1. The summed E-state index contributed by atoms with van der Waals surface area (Å²) in [5.41, 5.74) is 1.30. The third-order valence-corrected chi connectivity index (χ3v) is 4.41. The molecule has 5 nitrogen and oxygen atoms in total. The Labute approximate surface area is 147 Å². The number of carbonyl (C=O) groups excluding carboxylic acids is 1. The van der Waals surface area contributed by atoms with Crippen molar-refractivity contribution < 1.29 is 4.79 Å². The van der Waals surface area contributed by atoms with Gasteiger partial charge in [-0.15, -0.1) is 12.4 Å². The van der Waals surface area contributed by atoms with E-state index >= 15 is 0 Å². The molecule has 1 fully saturated rings. The highest BCUT2D eigenvalue weighted by Gasteiger charge is 2.29. The first-order valence-corrected chi connectivity index (χ1v) is 7.80. The quantitative estimate of drug-likeness (QED) is 0.901. The molecule has 2 aromatic rings. The van der Waals surface area contributed by atoms with Crippen molar-refractivity contribution >= 4 is 29.9 Å². The van der Waals surface area contributed by atoms with Crippen molar-refractivity contribution in [1.29, 1.82) is 0 Å². The summed E-state index contributed by atoms with van der Waals surface area (Å²) >= 11 is 6.00. The molecule has 1 saturated heterocycles. The van der Waals surface area contributed by atoms with E-state index in [-0.39, 0.29) is 30.4 Å². The van der Waals surface area contributed by atoms with Crippen LogP contribution in [0, 0.1) is 0 Å². The Bertz CT molecular complexity index is 688. The molecule has 1 N–H and O–H groups in total. The third-order valence-electron chi connectivity index (χ3n) is 4.18. The Morgan fingerprint density at radius 1 is 1.35 bits per heavy atom. The fourth-order valence-corrected chi connectivity index (χ4v) is 2.88. The minimum Gasteiger partial charge on any atom is -0.332 e. The molecule has 0 bridgehead atoms. The van der Waals surface area contributed by atoms with Gasteiger partial charge in [-0.3, -0.25) is 4.79 Å². The first-order valence-electron chi connectivity index (χ1n) is 7.42. The highest BCUT2D eigenvalue weighted by molar-refractivity contribution is 6.30. The van der Waals surface area contributed by atoms with E-state index in [0.717, 1.165) is 12.2 Å². The lowest BCUT2D eigenvalue weighted by Crippen LogP contribution is -2.57. The van der Waals surface area contributed by atoms with Crippen LogP contribution in [0.2, 0.25) is 5.02 Å². The van der Waals surface area contributed by atoms with Gasteiger partial charge in [0.25, 0.3) is 5.91 Å². The number of hydrogen-bond acceptors (Lipinski definition) is 3. The standard InChI is InChI=1S/C16H19ClN4O.ClH/c1-11-12(2)20(9-7-18-11)16(22)15-6-8-21(19-15)14-5-3-4-13(17)10-14;/h3-6,8,10-12,18H,7,9H2,1-2H3;1H. The van der Waals surface area contributed by atoms with Gasteiger partial charge in [-0.25, -0.2) is 4.68 Å². The maximum atomic E-state index is 12.7. The molecule has 0 aliphatic carbocycles. The average Bonchev–Trinajstić information content (AvgIpc) is 2.99. The van der Waals surface area contributed by atoms with E-state index in [1.165, 1.54) is 0 Å². The Morgan fingerprint density at radius 2 is 2.13 bits per heavy atom. The number of hydrogen-bond donors (Lipinski definition) is 1. The number of aromatic nitrogens is 2. The number of piperazine rings is 1. The van der Waals surface area contributed by atoms with Crippen molar-refractivity contribution in [3.05, 3.63) is 47.2 Å². The summed E-state index contributed by atoms with van der Waals surface area (Å²) in [5.74, 6) is -0.0263. The van der Waals surface area contributed by atoms with Gasteiger partial charge in [0.05, 0.1) is 5.69 Å². The molecule has 1 aliphatic heterocycles. The normalized spacial score (nSPS) is 20.9. The van der Waals surface area contributed by atoms with E-state index < -0.39 is 0 Å². The van der Waals surface area contributed by atoms with Crippen molar-refractivity contribution in [2.45, 2.75) is 25.9 Å². The Morgan fingerprint density at radius 3 is 2.87 bits per heavy atom. The lowest BCUT2D eigenvalue weighted by molar-refractivity contribution is 0.0596. The second kappa shape index (κ2) is 7.34. The maximum Gasteiger partial charge on any atom is 0.274 e. The van der Waals surface area contributed by atoms with Crippen LogP contribution in [0.5, 0.6) is 0 Å². The van der Waals surface area contributed by atoms with Gasteiger partial charge in [-0.1, -0.05) is 17.7 Å². The second-order valence-corrected chi connectivity index (χ2v) is 6.04. The summed E-state index contributed by atoms with van der Waals surface area (Å²) in [4.78, 5) is 14.5. The zero-order valence-electron chi connectivity index (χ0n) is 13.1. The van der Waals surface area contributed by atoms with Gasteiger partial charge in [0.15, 0.2) is 5.69 Å². The van der Waals surface area contributed by atoms with Crippen LogP contribution in [0.1, 0.15) is 24.3 Å². The topological polar surface area (TPSA) is 50.2 Å². The molecule has 0 spiro atoms. The van der Waals surface area contributed by atoms with Gasteiger partial charge in [0.2, 0.25) is 0 Å². The molecule has 1 aliphatic rings. The second-order valence-electron chi connectivity index (χ2n) is 5.61. The Balaban J connectivity index is 0.00000192. The highest BCUT2D eigenvalue weighted by Crippen LogP contribution is 2.16. The van der Waals surface area contributed by atoms with Gasteiger partial charge < -0.3 is 10.2 Å². The molecule has 0 radical (unpaired) electrons. The predicted molar refractivity (Wildman–Crippen MR) is 93.8 cm³/mol. The molecule has 2 atom stereocenters. The molecule has 1 amide bonds. The molecule has 0 saturated carbocycles. The molecule has 124 valence electrons. The predicted octanol–water partition coefficient (Wildman–Crippen LogP) is 2.77. The molecular formula is C16H20Cl2N4O. The number of rotatable bonds is 2. The molecule has 2 unspecified atom stereocenters. The molecule has 3 rings (SSSR count).